The maximum absolute atomic E-state index is 5.16. The number of hydrogen-bond acceptors (Lipinski definition) is 3. The van der Waals surface area contributed by atoms with Crippen molar-refractivity contribution >= 4 is 23.7 Å². The zero-order chi connectivity index (χ0) is 12.8. The first kappa shape index (κ1) is 12.7. The summed E-state index contributed by atoms with van der Waals surface area (Å²) >= 11 is 1.74. The van der Waals surface area contributed by atoms with Gasteiger partial charge in [-0.05, 0) is 36.1 Å². The molecule has 0 fully saturated rings. The van der Waals surface area contributed by atoms with Crippen molar-refractivity contribution in [3.05, 3.63) is 54.1 Å². The van der Waals surface area contributed by atoms with Gasteiger partial charge in [-0.3, -0.25) is 4.99 Å². The van der Waals surface area contributed by atoms with E-state index in [1.807, 2.05) is 30.5 Å². The van der Waals surface area contributed by atoms with Crippen LogP contribution in [0.3, 0.4) is 0 Å². The van der Waals surface area contributed by atoms with Crippen LogP contribution in [0.1, 0.15) is 5.56 Å². The van der Waals surface area contributed by atoms with Gasteiger partial charge in [0.2, 0.25) is 0 Å². The highest BCUT2D eigenvalue weighted by Crippen LogP contribution is 2.19. The molecule has 0 atom stereocenters. The third-order valence-electron chi connectivity index (χ3n) is 2.53. The second-order valence-electron chi connectivity index (χ2n) is 3.73. The van der Waals surface area contributed by atoms with Gasteiger partial charge in [0.1, 0.15) is 5.75 Å². The highest BCUT2D eigenvalue weighted by Gasteiger charge is 1.93. The van der Waals surface area contributed by atoms with Crippen molar-refractivity contribution in [2.24, 2.45) is 4.99 Å². The van der Waals surface area contributed by atoms with Crippen LogP contribution in [0, 0.1) is 0 Å². The van der Waals surface area contributed by atoms with E-state index in [0.29, 0.717) is 0 Å². The van der Waals surface area contributed by atoms with Crippen LogP contribution in [0.5, 0.6) is 5.75 Å². The Morgan fingerprint density at radius 3 is 2.56 bits per heavy atom. The Hall–Kier alpha value is -1.74. The molecule has 18 heavy (non-hydrogen) atoms. The van der Waals surface area contributed by atoms with E-state index in [1.165, 1.54) is 4.90 Å². The lowest BCUT2D eigenvalue weighted by Gasteiger charge is -2.00. The minimum absolute atomic E-state index is 0.822. The molecule has 2 rings (SSSR count). The number of rotatable bonds is 4. The van der Waals surface area contributed by atoms with Crippen molar-refractivity contribution in [2.75, 3.05) is 13.4 Å². The van der Waals surface area contributed by atoms with E-state index in [9.17, 15) is 0 Å². The largest absolute Gasteiger partial charge is 0.497 e. The summed E-state index contributed by atoms with van der Waals surface area (Å²) in [7, 11) is 1.66. The summed E-state index contributed by atoms with van der Waals surface area (Å²) < 4.78 is 5.16. The van der Waals surface area contributed by atoms with Crippen LogP contribution in [0.4, 0.5) is 5.69 Å². The second kappa shape index (κ2) is 6.26. The lowest BCUT2D eigenvalue weighted by molar-refractivity contribution is 0.415. The normalized spacial score (nSPS) is 10.8. The lowest BCUT2D eigenvalue weighted by atomic mass is 10.2. The molecule has 92 valence electrons. The second-order valence-corrected chi connectivity index (χ2v) is 4.61. The Morgan fingerprint density at radius 1 is 1.11 bits per heavy atom. The number of aliphatic imine (C=N–C) groups is 1. The molecule has 0 heterocycles. The number of methoxy groups -OCH3 is 1. The minimum Gasteiger partial charge on any atom is -0.497 e. The van der Waals surface area contributed by atoms with Gasteiger partial charge in [0.05, 0.1) is 12.8 Å². The first-order chi connectivity index (χ1) is 8.81. The minimum atomic E-state index is 0.822. The van der Waals surface area contributed by atoms with Crippen LogP contribution >= 0.6 is 11.8 Å². The molecule has 0 spiro atoms. The van der Waals surface area contributed by atoms with E-state index >= 15 is 0 Å². The van der Waals surface area contributed by atoms with Crippen molar-refractivity contribution in [3.63, 3.8) is 0 Å². The summed E-state index contributed by atoms with van der Waals surface area (Å²) in [4.78, 5) is 5.69. The third-order valence-corrected chi connectivity index (χ3v) is 3.28. The van der Waals surface area contributed by atoms with Crippen LogP contribution in [-0.4, -0.2) is 19.6 Å². The smallest absolute Gasteiger partial charge is 0.121 e. The Balaban J connectivity index is 2.13. The molecule has 0 bridgehead atoms. The van der Waals surface area contributed by atoms with E-state index in [0.717, 1.165) is 17.0 Å². The van der Waals surface area contributed by atoms with Gasteiger partial charge in [0.25, 0.3) is 0 Å². The van der Waals surface area contributed by atoms with Crippen LogP contribution in [0.25, 0.3) is 0 Å². The molecule has 2 aromatic carbocycles. The fourth-order valence-corrected chi connectivity index (χ4v) is 1.94. The molecule has 0 unspecified atom stereocenters. The average molecular weight is 257 g/mol. The fraction of sp³-hybridized carbons (Fsp3) is 0.133. The van der Waals surface area contributed by atoms with E-state index in [2.05, 4.69) is 35.5 Å². The molecule has 0 aromatic heterocycles. The molecule has 2 nitrogen and oxygen atoms in total. The monoisotopic (exact) mass is 257 g/mol. The maximum atomic E-state index is 5.16. The Morgan fingerprint density at radius 2 is 1.89 bits per heavy atom. The molecule has 0 radical (unpaired) electrons. The van der Waals surface area contributed by atoms with Gasteiger partial charge in [-0.1, -0.05) is 18.2 Å². The van der Waals surface area contributed by atoms with E-state index in [4.69, 9.17) is 4.74 Å². The molecule has 0 saturated heterocycles. The van der Waals surface area contributed by atoms with Gasteiger partial charge in [-0.2, -0.15) is 0 Å². The van der Waals surface area contributed by atoms with Gasteiger partial charge < -0.3 is 4.74 Å². The number of thioether (sulfide) groups is 1. The Labute approximate surface area is 112 Å². The topological polar surface area (TPSA) is 21.6 Å². The average Bonchev–Trinajstić information content (AvgIpc) is 2.46. The van der Waals surface area contributed by atoms with Crippen LogP contribution < -0.4 is 4.74 Å². The van der Waals surface area contributed by atoms with Crippen molar-refractivity contribution in [3.8, 4) is 5.75 Å². The number of benzene rings is 2. The molecule has 0 saturated carbocycles. The fourth-order valence-electron chi connectivity index (χ4n) is 1.53. The third kappa shape index (κ3) is 3.37. The number of hydrogen-bond donors (Lipinski definition) is 0. The van der Waals surface area contributed by atoms with E-state index in [-0.39, 0.29) is 0 Å². The predicted molar refractivity (Wildman–Crippen MR) is 78.5 cm³/mol. The Kier molecular flexibility index (Phi) is 4.42. The Bertz CT molecular complexity index is 534. The highest BCUT2D eigenvalue weighted by molar-refractivity contribution is 7.98. The molecule has 0 aliphatic heterocycles. The zero-order valence-electron chi connectivity index (χ0n) is 10.5. The van der Waals surface area contributed by atoms with Gasteiger partial charge in [0.15, 0.2) is 0 Å². The zero-order valence-corrected chi connectivity index (χ0v) is 11.3. The summed E-state index contributed by atoms with van der Waals surface area (Å²) in [5, 5.41) is 0. The highest BCUT2D eigenvalue weighted by atomic mass is 32.2. The van der Waals surface area contributed by atoms with Gasteiger partial charge in [-0.15, -0.1) is 11.8 Å². The number of ether oxygens (including phenoxy) is 1. The molecule has 0 aliphatic rings. The van der Waals surface area contributed by atoms with Crippen LogP contribution in [0.15, 0.2) is 58.4 Å². The molecular weight excluding hydrogens is 242 g/mol. The standard InChI is InChI=1S/C15H15NOS/c1-17-14-5-3-4-13(10-14)16-11-12-6-8-15(18-2)9-7-12/h3-11H,1-2H3. The summed E-state index contributed by atoms with van der Waals surface area (Å²) in [5.74, 6) is 0.822. The van der Waals surface area contributed by atoms with Crippen molar-refractivity contribution in [1.29, 1.82) is 0 Å². The summed E-state index contributed by atoms with van der Waals surface area (Å²) in [6, 6.07) is 16.0. The van der Waals surface area contributed by atoms with Crippen molar-refractivity contribution in [1.82, 2.24) is 0 Å². The molecule has 2 aromatic rings. The molecule has 0 amide bonds. The predicted octanol–water partition coefficient (Wildman–Crippen LogP) is 4.17. The van der Waals surface area contributed by atoms with E-state index in [1.54, 1.807) is 18.9 Å². The SMILES string of the molecule is COc1cccc(N=Cc2ccc(SC)cc2)c1. The maximum Gasteiger partial charge on any atom is 0.121 e. The molecular formula is C15H15NOS. The van der Waals surface area contributed by atoms with Crippen LogP contribution in [0.2, 0.25) is 0 Å². The molecule has 3 heteroatoms. The first-order valence-corrected chi connectivity index (χ1v) is 6.86. The first-order valence-electron chi connectivity index (χ1n) is 5.64. The summed E-state index contributed by atoms with van der Waals surface area (Å²) in [5.41, 5.74) is 1.99. The summed E-state index contributed by atoms with van der Waals surface area (Å²) in [6.45, 7) is 0. The molecule has 0 aliphatic carbocycles. The molecule has 0 N–H and O–H groups in total. The summed E-state index contributed by atoms with van der Waals surface area (Å²) in [6.07, 6.45) is 3.93. The van der Waals surface area contributed by atoms with Crippen molar-refractivity contribution < 1.29 is 4.74 Å². The van der Waals surface area contributed by atoms with E-state index < -0.39 is 0 Å². The van der Waals surface area contributed by atoms with Gasteiger partial charge in [-0.25, -0.2) is 0 Å². The quantitative estimate of drug-likeness (QED) is 0.605. The van der Waals surface area contributed by atoms with Crippen molar-refractivity contribution in [2.45, 2.75) is 4.90 Å². The lowest BCUT2D eigenvalue weighted by Crippen LogP contribution is -1.82. The number of nitrogens with zero attached hydrogens (tertiary/aromatic N) is 1. The van der Waals surface area contributed by atoms with Crippen LogP contribution in [-0.2, 0) is 0 Å². The van der Waals surface area contributed by atoms with Gasteiger partial charge in [0, 0.05) is 17.2 Å². The van der Waals surface area contributed by atoms with Gasteiger partial charge >= 0.3 is 0 Å².